The molecule has 0 saturated carbocycles. The summed E-state index contributed by atoms with van der Waals surface area (Å²) in [6.07, 6.45) is 0.498. The molecule has 174 valence electrons. The minimum Gasteiger partial charge on any atom is -0.493 e. The lowest BCUT2D eigenvalue weighted by atomic mass is 10.2. The van der Waals surface area contributed by atoms with Gasteiger partial charge in [-0.25, -0.2) is 4.79 Å². The molecule has 1 fully saturated rings. The molecule has 1 heterocycles. The Morgan fingerprint density at radius 2 is 1.64 bits per heavy atom. The van der Waals surface area contributed by atoms with E-state index in [1.807, 2.05) is 0 Å². The maximum absolute atomic E-state index is 12.2. The summed E-state index contributed by atoms with van der Waals surface area (Å²) in [4.78, 5) is 50.6. The third kappa shape index (κ3) is 6.45. The molecule has 0 atom stereocenters. The highest BCUT2D eigenvalue weighted by atomic mass is 16.5. The lowest BCUT2D eigenvalue weighted by Crippen LogP contribution is -2.32. The lowest BCUT2D eigenvalue weighted by molar-refractivity contribution is -0.125. The van der Waals surface area contributed by atoms with Crippen molar-refractivity contribution >= 4 is 35.1 Å². The third-order valence-electron chi connectivity index (χ3n) is 4.87. The zero-order chi connectivity index (χ0) is 23.8. The zero-order valence-electron chi connectivity index (χ0n) is 18.5. The number of likely N-dealkylation sites (N-methyl/N-ethyl adjacent to an activating group) is 1. The van der Waals surface area contributed by atoms with Crippen molar-refractivity contribution in [2.24, 2.45) is 0 Å². The monoisotopic (exact) mass is 454 g/mol. The number of carbonyl (C=O) groups is 4. The standard InChI is InChI=1S/C23H26N4O6/c1-26-14-22(30)27(23(26)31)12-6-11-20(28)24-16-7-5-8-17(13-16)25-21(29)15-33-19-10-4-3-9-18(19)32-2/h3-5,7-10,13H,6,11-12,14-15H2,1-2H3,(H,24,28)(H,25,29). The highest BCUT2D eigenvalue weighted by Crippen LogP contribution is 2.25. The first-order chi connectivity index (χ1) is 15.9. The van der Waals surface area contributed by atoms with Crippen molar-refractivity contribution in [3.05, 3.63) is 48.5 Å². The van der Waals surface area contributed by atoms with Crippen LogP contribution in [-0.4, -0.2) is 67.4 Å². The number of amides is 5. The molecule has 0 spiro atoms. The second kappa shape index (κ2) is 11.0. The summed E-state index contributed by atoms with van der Waals surface area (Å²) in [6, 6.07) is 13.4. The van der Waals surface area contributed by atoms with Gasteiger partial charge in [0.15, 0.2) is 18.1 Å². The van der Waals surface area contributed by atoms with Crippen LogP contribution in [0.1, 0.15) is 12.8 Å². The maximum atomic E-state index is 12.2. The molecule has 5 amide bonds. The van der Waals surface area contributed by atoms with Crippen molar-refractivity contribution in [2.75, 3.05) is 44.5 Å². The SMILES string of the molecule is COc1ccccc1OCC(=O)Nc1cccc(NC(=O)CCCN2C(=O)CN(C)C2=O)c1. The predicted octanol–water partition coefficient (Wildman–Crippen LogP) is 2.33. The summed E-state index contributed by atoms with van der Waals surface area (Å²) in [6.45, 7) is 0.0469. The van der Waals surface area contributed by atoms with E-state index in [0.29, 0.717) is 29.3 Å². The van der Waals surface area contributed by atoms with Crippen LogP contribution >= 0.6 is 0 Å². The Morgan fingerprint density at radius 3 is 2.27 bits per heavy atom. The van der Waals surface area contributed by atoms with Gasteiger partial charge in [-0.1, -0.05) is 18.2 Å². The molecule has 10 heteroatoms. The van der Waals surface area contributed by atoms with Crippen molar-refractivity contribution in [1.82, 2.24) is 9.80 Å². The van der Waals surface area contributed by atoms with Crippen molar-refractivity contribution < 1.29 is 28.7 Å². The minimum atomic E-state index is -0.366. The molecular weight excluding hydrogens is 428 g/mol. The van der Waals surface area contributed by atoms with Crippen molar-refractivity contribution in [1.29, 1.82) is 0 Å². The number of hydrogen-bond donors (Lipinski definition) is 2. The van der Waals surface area contributed by atoms with Crippen LogP contribution in [0.4, 0.5) is 16.2 Å². The first kappa shape index (κ1) is 23.6. The van der Waals surface area contributed by atoms with E-state index >= 15 is 0 Å². The highest BCUT2D eigenvalue weighted by molar-refractivity contribution is 6.02. The maximum Gasteiger partial charge on any atom is 0.326 e. The number of carbonyl (C=O) groups excluding carboxylic acids is 4. The summed E-state index contributed by atoms with van der Waals surface area (Å²) in [5.41, 5.74) is 1.01. The molecule has 0 unspecified atom stereocenters. The third-order valence-corrected chi connectivity index (χ3v) is 4.87. The van der Waals surface area contributed by atoms with Gasteiger partial charge in [0.25, 0.3) is 5.91 Å². The predicted molar refractivity (Wildman–Crippen MR) is 121 cm³/mol. The number of imide groups is 1. The van der Waals surface area contributed by atoms with Gasteiger partial charge in [0.1, 0.15) is 6.54 Å². The molecule has 3 rings (SSSR count). The fourth-order valence-electron chi connectivity index (χ4n) is 3.26. The summed E-state index contributed by atoms with van der Waals surface area (Å²) in [7, 11) is 3.08. The molecule has 1 aliphatic heterocycles. The van der Waals surface area contributed by atoms with E-state index in [1.54, 1.807) is 55.6 Å². The topological polar surface area (TPSA) is 117 Å². The van der Waals surface area contributed by atoms with Gasteiger partial charge < -0.3 is 25.0 Å². The number of nitrogens with zero attached hydrogens (tertiary/aromatic N) is 2. The van der Waals surface area contributed by atoms with Gasteiger partial charge in [-0.05, 0) is 36.8 Å². The summed E-state index contributed by atoms with van der Waals surface area (Å²) in [5, 5.41) is 5.46. The smallest absolute Gasteiger partial charge is 0.326 e. The van der Waals surface area contributed by atoms with Crippen LogP contribution in [0.25, 0.3) is 0 Å². The molecular formula is C23H26N4O6. The van der Waals surface area contributed by atoms with E-state index in [2.05, 4.69) is 10.6 Å². The normalized spacial score (nSPS) is 13.2. The van der Waals surface area contributed by atoms with Gasteiger partial charge in [-0.3, -0.25) is 19.3 Å². The summed E-state index contributed by atoms with van der Waals surface area (Å²) < 4.78 is 10.7. The van der Waals surface area contributed by atoms with Gasteiger partial charge in [-0.2, -0.15) is 0 Å². The molecule has 1 aliphatic rings. The van der Waals surface area contributed by atoms with E-state index in [0.717, 1.165) is 4.90 Å². The van der Waals surface area contributed by atoms with E-state index < -0.39 is 0 Å². The van der Waals surface area contributed by atoms with E-state index in [9.17, 15) is 19.2 Å². The fourth-order valence-corrected chi connectivity index (χ4v) is 3.26. The minimum absolute atomic E-state index is 0.0630. The number of para-hydroxylation sites is 2. The molecule has 2 aromatic carbocycles. The van der Waals surface area contributed by atoms with Gasteiger partial charge in [0.2, 0.25) is 11.8 Å². The van der Waals surface area contributed by atoms with Crippen LogP contribution in [0.5, 0.6) is 11.5 Å². The first-order valence-electron chi connectivity index (χ1n) is 10.4. The lowest BCUT2D eigenvalue weighted by Gasteiger charge is -2.14. The highest BCUT2D eigenvalue weighted by Gasteiger charge is 2.32. The van der Waals surface area contributed by atoms with Crippen LogP contribution in [0, 0.1) is 0 Å². The number of hydrogen-bond acceptors (Lipinski definition) is 6. The molecule has 0 aliphatic carbocycles. The fraction of sp³-hybridized carbons (Fsp3) is 0.304. The Balaban J connectivity index is 1.45. The van der Waals surface area contributed by atoms with Crippen molar-refractivity contribution in [3.63, 3.8) is 0 Å². The van der Waals surface area contributed by atoms with Crippen LogP contribution in [0.15, 0.2) is 48.5 Å². The van der Waals surface area contributed by atoms with E-state index in [-0.39, 0.29) is 49.9 Å². The average molecular weight is 454 g/mol. The molecule has 0 radical (unpaired) electrons. The number of anilines is 2. The Kier molecular flexibility index (Phi) is 7.85. The van der Waals surface area contributed by atoms with Gasteiger partial charge in [0, 0.05) is 31.4 Å². The Morgan fingerprint density at radius 1 is 0.970 bits per heavy atom. The Hall–Kier alpha value is -4.08. The number of methoxy groups -OCH3 is 1. The van der Waals surface area contributed by atoms with E-state index in [4.69, 9.17) is 9.47 Å². The number of benzene rings is 2. The van der Waals surface area contributed by atoms with Gasteiger partial charge >= 0.3 is 6.03 Å². The second-order valence-electron chi connectivity index (χ2n) is 7.40. The second-order valence-corrected chi connectivity index (χ2v) is 7.40. The first-order valence-corrected chi connectivity index (χ1v) is 10.4. The Bertz CT molecular complexity index is 1040. The average Bonchev–Trinajstić information content (AvgIpc) is 3.04. The number of nitrogens with one attached hydrogen (secondary N) is 2. The van der Waals surface area contributed by atoms with Crippen molar-refractivity contribution in [2.45, 2.75) is 12.8 Å². The van der Waals surface area contributed by atoms with Crippen LogP contribution in [0.2, 0.25) is 0 Å². The molecule has 2 aromatic rings. The molecule has 1 saturated heterocycles. The van der Waals surface area contributed by atoms with Crippen LogP contribution in [-0.2, 0) is 14.4 Å². The molecule has 10 nitrogen and oxygen atoms in total. The number of rotatable bonds is 10. The van der Waals surface area contributed by atoms with E-state index in [1.165, 1.54) is 12.0 Å². The summed E-state index contributed by atoms with van der Waals surface area (Å²) in [5.74, 6) is 0.0985. The zero-order valence-corrected chi connectivity index (χ0v) is 18.5. The Labute approximate surface area is 191 Å². The molecule has 0 aromatic heterocycles. The summed E-state index contributed by atoms with van der Waals surface area (Å²) >= 11 is 0. The van der Waals surface area contributed by atoms with Crippen LogP contribution < -0.4 is 20.1 Å². The molecule has 33 heavy (non-hydrogen) atoms. The quantitative estimate of drug-likeness (QED) is 0.532. The van der Waals surface area contributed by atoms with Crippen LogP contribution in [0.3, 0.4) is 0 Å². The largest absolute Gasteiger partial charge is 0.493 e. The van der Waals surface area contributed by atoms with Gasteiger partial charge in [0.05, 0.1) is 7.11 Å². The number of ether oxygens (including phenoxy) is 2. The molecule has 2 N–H and O–H groups in total. The molecule has 0 bridgehead atoms. The van der Waals surface area contributed by atoms with Crippen molar-refractivity contribution in [3.8, 4) is 11.5 Å². The van der Waals surface area contributed by atoms with Gasteiger partial charge in [-0.15, -0.1) is 0 Å². The number of urea groups is 1.